The first kappa shape index (κ1) is 17.8. The minimum Gasteiger partial charge on any atom is -0.351 e. The number of benzene rings is 1. The number of rotatable bonds is 3. The Morgan fingerprint density at radius 3 is 2.35 bits per heavy atom. The molecule has 1 N–H and O–H groups in total. The van der Waals surface area contributed by atoms with Gasteiger partial charge in [0.25, 0.3) is 15.0 Å². The summed E-state index contributed by atoms with van der Waals surface area (Å²) in [4.78, 5) is 11.8. The van der Waals surface area contributed by atoms with Crippen LogP contribution in [0.25, 0.3) is 0 Å². The molecule has 1 amide bonds. The van der Waals surface area contributed by atoms with Gasteiger partial charge in [-0.15, -0.1) is 0 Å². The van der Waals surface area contributed by atoms with Crippen molar-refractivity contribution in [1.29, 1.82) is 0 Å². The maximum absolute atomic E-state index is 12.1. The van der Waals surface area contributed by atoms with Crippen molar-refractivity contribution < 1.29 is 13.2 Å². The van der Waals surface area contributed by atoms with E-state index < -0.39 is 15.0 Å². The highest BCUT2D eigenvalue weighted by atomic mass is 79.9. The first-order valence-corrected chi connectivity index (χ1v) is 9.12. The summed E-state index contributed by atoms with van der Waals surface area (Å²) in [6, 6.07) is 2.71. The van der Waals surface area contributed by atoms with Crippen molar-refractivity contribution in [3.8, 4) is 0 Å². The summed E-state index contributed by atoms with van der Waals surface area (Å²) >= 11 is 9.10. The van der Waals surface area contributed by atoms with E-state index in [9.17, 15) is 13.2 Å². The lowest BCUT2D eigenvalue weighted by atomic mass is 9.97. The van der Waals surface area contributed by atoms with Gasteiger partial charge in [0.1, 0.15) is 4.90 Å². The van der Waals surface area contributed by atoms with E-state index in [2.05, 4.69) is 21.2 Å². The number of hydrogen-bond donors (Lipinski definition) is 1. The van der Waals surface area contributed by atoms with Crippen LogP contribution >= 0.6 is 38.2 Å². The summed E-state index contributed by atoms with van der Waals surface area (Å²) in [6.07, 6.45) is 0. The summed E-state index contributed by atoms with van der Waals surface area (Å²) in [5.74, 6) is -0.451. The molecule has 0 fully saturated rings. The zero-order valence-electron chi connectivity index (χ0n) is 11.1. The van der Waals surface area contributed by atoms with Crippen LogP contribution in [0.1, 0.15) is 31.1 Å². The van der Waals surface area contributed by atoms with Crippen molar-refractivity contribution in [1.82, 2.24) is 5.32 Å². The van der Waals surface area contributed by atoms with Crippen molar-refractivity contribution >= 4 is 53.2 Å². The van der Waals surface area contributed by atoms with Crippen LogP contribution in [0.5, 0.6) is 0 Å². The van der Waals surface area contributed by atoms with Gasteiger partial charge in [0.05, 0.1) is 10.6 Å². The lowest BCUT2D eigenvalue weighted by Crippen LogP contribution is -2.32. The van der Waals surface area contributed by atoms with Crippen LogP contribution in [-0.4, -0.2) is 20.9 Å². The van der Waals surface area contributed by atoms with E-state index in [1.165, 1.54) is 12.1 Å². The van der Waals surface area contributed by atoms with Crippen LogP contribution in [0.2, 0.25) is 5.02 Å². The Kier molecular flexibility index (Phi) is 5.52. The lowest BCUT2D eigenvalue weighted by Gasteiger charge is -2.19. The standard InChI is InChI=1S/C12H14BrCl2NO3S/c1-12(2,3)6-16-11(17)8-4-7(13)5-9(10(8)14)20(15,18)19/h4-5H,6H2,1-3H3,(H,16,17). The molecule has 4 nitrogen and oxygen atoms in total. The Morgan fingerprint density at radius 2 is 1.90 bits per heavy atom. The summed E-state index contributed by atoms with van der Waals surface area (Å²) in [6.45, 7) is 6.32. The Balaban J connectivity index is 3.20. The maximum Gasteiger partial charge on any atom is 0.262 e. The normalized spacial score (nSPS) is 12.3. The van der Waals surface area contributed by atoms with Crippen LogP contribution < -0.4 is 5.32 Å². The van der Waals surface area contributed by atoms with Crippen molar-refractivity contribution in [2.24, 2.45) is 5.41 Å². The van der Waals surface area contributed by atoms with Crippen LogP contribution in [0.15, 0.2) is 21.5 Å². The topological polar surface area (TPSA) is 63.2 Å². The summed E-state index contributed by atoms with van der Waals surface area (Å²) in [5.41, 5.74) is -0.0419. The van der Waals surface area contributed by atoms with Gasteiger partial charge in [-0.3, -0.25) is 4.79 Å². The predicted octanol–water partition coefficient (Wildman–Crippen LogP) is 3.81. The summed E-state index contributed by atoms with van der Waals surface area (Å²) in [7, 11) is 1.27. The maximum atomic E-state index is 12.1. The third kappa shape index (κ3) is 4.91. The molecule has 8 heteroatoms. The molecule has 112 valence electrons. The second kappa shape index (κ2) is 6.22. The number of nitrogens with one attached hydrogen (secondary N) is 1. The van der Waals surface area contributed by atoms with Crippen LogP contribution in [0, 0.1) is 5.41 Å². The highest BCUT2D eigenvalue weighted by Crippen LogP contribution is 2.31. The molecule has 20 heavy (non-hydrogen) atoms. The Bertz CT molecular complexity index is 639. The first-order chi connectivity index (χ1) is 8.92. The molecule has 0 aliphatic rings. The molecule has 0 atom stereocenters. The average Bonchev–Trinajstić information content (AvgIpc) is 2.26. The molecular formula is C12H14BrCl2NO3S. The van der Waals surface area contributed by atoms with E-state index >= 15 is 0 Å². The molecule has 0 unspecified atom stereocenters. The zero-order chi connectivity index (χ0) is 15.7. The third-order valence-corrected chi connectivity index (χ3v) is 4.61. The minimum absolute atomic E-state index is 0.0597. The van der Waals surface area contributed by atoms with Gasteiger partial charge in [-0.1, -0.05) is 48.3 Å². The van der Waals surface area contributed by atoms with Gasteiger partial charge in [-0.25, -0.2) is 8.42 Å². The fraction of sp³-hybridized carbons (Fsp3) is 0.417. The molecule has 0 aliphatic carbocycles. The van der Waals surface area contributed by atoms with Crippen molar-refractivity contribution in [3.63, 3.8) is 0 Å². The molecular weight excluding hydrogens is 389 g/mol. The molecule has 0 aliphatic heterocycles. The Morgan fingerprint density at radius 1 is 1.35 bits per heavy atom. The molecule has 0 heterocycles. The fourth-order valence-corrected chi connectivity index (χ4v) is 3.53. The van der Waals surface area contributed by atoms with Gasteiger partial charge < -0.3 is 5.32 Å². The quantitative estimate of drug-likeness (QED) is 0.782. The molecule has 0 bridgehead atoms. The highest BCUT2D eigenvalue weighted by molar-refractivity contribution is 9.10. The van der Waals surface area contributed by atoms with Crippen LogP contribution in [-0.2, 0) is 9.05 Å². The second-order valence-corrected chi connectivity index (χ2v) is 9.27. The van der Waals surface area contributed by atoms with E-state index in [4.69, 9.17) is 22.3 Å². The highest BCUT2D eigenvalue weighted by Gasteiger charge is 2.23. The molecule has 0 aromatic heterocycles. The summed E-state index contributed by atoms with van der Waals surface area (Å²) in [5, 5.41) is 2.52. The van der Waals surface area contributed by atoms with Crippen molar-refractivity contribution in [2.75, 3.05) is 6.54 Å². The van der Waals surface area contributed by atoms with Crippen LogP contribution in [0.3, 0.4) is 0 Å². The van der Waals surface area contributed by atoms with E-state index in [1.807, 2.05) is 20.8 Å². The van der Waals surface area contributed by atoms with Crippen molar-refractivity contribution in [2.45, 2.75) is 25.7 Å². The van der Waals surface area contributed by atoms with Crippen molar-refractivity contribution in [3.05, 3.63) is 27.2 Å². The summed E-state index contributed by atoms with van der Waals surface area (Å²) < 4.78 is 23.3. The van der Waals surface area contributed by atoms with Gasteiger partial charge in [0.2, 0.25) is 0 Å². The van der Waals surface area contributed by atoms with Gasteiger partial charge in [-0.2, -0.15) is 0 Å². The molecule has 0 spiro atoms. The number of carbonyl (C=O) groups is 1. The SMILES string of the molecule is CC(C)(C)CNC(=O)c1cc(Br)cc(S(=O)(=O)Cl)c1Cl. The van der Waals surface area contributed by atoms with Gasteiger partial charge in [-0.05, 0) is 17.5 Å². The smallest absolute Gasteiger partial charge is 0.262 e. The van der Waals surface area contributed by atoms with Gasteiger partial charge >= 0.3 is 0 Å². The van der Waals surface area contributed by atoms with E-state index in [1.54, 1.807) is 0 Å². The molecule has 0 saturated carbocycles. The number of amides is 1. The number of carbonyl (C=O) groups excluding carboxylic acids is 1. The lowest BCUT2D eigenvalue weighted by molar-refractivity contribution is 0.0939. The van der Waals surface area contributed by atoms with Gasteiger partial charge in [0.15, 0.2) is 0 Å². The largest absolute Gasteiger partial charge is 0.351 e. The molecule has 1 rings (SSSR count). The van der Waals surface area contributed by atoms with Crippen LogP contribution in [0.4, 0.5) is 0 Å². The number of hydrogen-bond acceptors (Lipinski definition) is 3. The molecule has 0 saturated heterocycles. The zero-order valence-corrected chi connectivity index (χ0v) is 15.0. The fourth-order valence-electron chi connectivity index (χ4n) is 1.35. The molecule has 1 aromatic carbocycles. The number of halogens is 3. The van der Waals surface area contributed by atoms with E-state index in [0.29, 0.717) is 11.0 Å². The third-order valence-electron chi connectivity index (χ3n) is 2.29. The Labute approximate surface area is 136 Å². The monoisotopic (exact) mass is 401 g/mol. The average molecular weight is 403 g/mol. The Hall–Kier alpha value is -0.300. The van der Waals surface area contributed by atoms with E-state index in [-0.39, 0.29) is 20.9 Å². The first-order valence-electron chi connectivity index (χ1n) is 5.64. The molecule has 1 aromatic rings. The molecule has 0 radical (unpaired) electrons. The second-order valence-electron chi connectivity index (χ2n) is 5.45. The minimum atomic E-state index is -4.03. The van der Waals surface area contributed by atoms with E-state index in [0.717, 1.165) is 0 Å². The van der Waals surface area contributed by atoms with Gasteiger partial charge in [0, 0.05) is 21.7 Å². The predicted molar refractivity (Wildman–Crippen MR) is 84.0 cm³/mol.